The van der Waals surface area contributed by atoms with Crippen LogP contribution in [0.4, 0.5) is 5.69 Å². The van der Waals surface area contributed by atoms with Gasteiger partial charge < -0.3 is 15.4 Å². The molecule has 8 nitrogen and oxygen atoms in total. The monoisotopic (exact) mass is 580 g/mol. The number of carbonyl (C=O) groups is 2. The quantitative estimate of drug-likeness (QED) is 0.120. The first-order valence-electron chi connectivity index (χ1n) is 13.5. The number of ether oxygens (including phenoxy) is 1. The Morgan fingerprint density at radius 2 is 1.88 bits per heavy atom. The third-order valence-corrected chi connectivity index (χ3v) is 8.57. The third kappa shape index (κ3) is 7.71. The zero-order valence-electron chi connectivity index (χ0n) is 23.4. The van der Waals surface area contributed by atoms with Crippen LogP contribution in [0.1, 0.15) is 44.2 Å². The highest BCUT2D eigenvalue weighted by Crippen LogP contribution is 2.32. The molecule has 0 spiro atoms. The zero-order valence-corrected chi connectivity index (χ0v) is 25.0. The Morgan fingerprint density at radius 1 is 1.07 bits per heavy atom. The number of nitrogens with one attached hydrogen (secondary N) is 2. The first-order valence-corrected chi connectivity index (χ1v) is 15.3. The van der Waals surface area contributed by atoms with E-state index >= 15 is 0 Å². The Morgan fingerprint density at radius 3 is 2.65 bits per heavy atom. The molecule has 2 aromatic carbocycles. The minimum absolute atomic E-state index is 0.0598. The fraction of sp³-hybridized carbons (Fsp3) is 0.400. The van der Waals surface area contributed by atoms with Gasteiger partial charge >= 0.3 is 0 Å². The molecule has 0 bridgehead atoms. The van der Waals surface area contributed by atoms with Gasteiger partial charge in [-0.1, -0.05) is 36.0 Å². The number of anilines is 1. The lowest BCUT2D eigenvalue weighted by Crippen LogP contribution is -2.27. The number of aryl methyl sites for hydroxylation is 2. The van der Waals surface area contributed by atoms with Gasteiger partial charge in [-0.05, 0) is 69.9 Å². The summed E-state index contributed by atoms with van der Waals surface area (Å²) in [4.78, 5) is 43.6. The maximum absolute atomic E-state index is 13.6. The number of nitrogens with zero attached hydrogens (tertiary/aromatic N) is 2. The standard InChI is InChI=1S/C30H36N4O4S2/c1-19(2)38-16-8-14-31-25(35)11-7-15-34-29(37)28-27(23-9-5-6-10-24(23)40-28)33-30(34)39-18-26(36)32-22-13-12-20(3)21(4)17-22/h5-6,9-10,12-13,17,19H,7-8,11,14-16,18H2,1-4H3,(H,31,35)(H,32,36). The molecule has 4 aromatic rings. The molecule has 40 heavy (non-hydrogen) atoms. The molecule has 0 radical (unpaired) electrons. The van der Waals surface area contributed by atoms with Crippen LogP contribution in [0, 0.1) is 13.8 Å². The number of benzene rings is 2. The van der Waals surface area contributed by atoms with Crippen LogP contribution < -0.4 is 16.2 Å². The van der Waals surface area contributed by atoms with E-state index in [4.69, 9.17) is 9.72 Å². The molecule has 2 heterocycles. The Labute approximate surface area is 242 Å². The summed E-state index contributed by atoms with van der Waals surface area (Å²) >= 11 is 2.65. The molecule has 10 heteroatoms. The summed E-state index contributed by atoms with van der Waals surface area (Å²) in [6.07, 6.45) is 1.69. The second-order valence-electron chi connectivity index (χ2n) is 9.99. The van der Waals surface area contributed by atoms with Crippen LogP contribution in [0.5, 0.6) is 0 Å². The SMILES string of the molecule is Cc1ccc(NC(=O)CSc2nc3c(sc4ccccc43)c(=O)n2CCCC(=O)NCCCOC(C)C)cc1C. The van der Waals surface area contributed by atoms with Gasteiger partial charge in [0.15, 0.2) is 5.16 Å². The normalized spacial score (nSPS) is 11.4. The van der Waals surface area contributed by atoms with Crippen molar-refractivity contribution in [1.82, 2.24) is 14.9 Å². The lowest BCUT2D eigenvalue weighted by atomic mass is 10.1. The zero-order chi connectivity index (χ0) is 28.6. The van der Waals surface area contributed by atoms with Gasteiger partial charge in [0.25, 0.3) is 5.56 Å². The molecule has 0 aliphatic rings. The van der Waals surface area contributed by atoms with E-state index in [9.17, 15) is 14.4 Å². The molecule has 0 saturated heterocycles. The van der Waals surface area contributed by atoms with Crippen molar-refractivity contribution in [3.8, 4) is 0 Å². The van der Waals surface area contributed by atoms with Crippen molar-refractivity contribution in [1.29, 1.82) is 0 Å². The highest BCUT2D eigenvalue weighted by atomic mass is 32.2. The summed E-state index contributed by atoms with van der Waals surface area (Å²) in [6.45, 7) is 9.48. The molecule has 2 amide bonds. The van der Waals surface area contributed by atoms with E-state index in [1.807, 2.05) is 70.2 Å². The Hall–Kier alpha value is -3.21. The number of thiophene rings is 1. The van der Waals surface area contributed by atoms with Crippen molar-refractivity contribution in [2.75, 3.05) is 24.2 Å². The maximum Gasteiger partial charge on any atom is 0.272 e. The Bertz CT molecular complexity index is 1560. The maximum atomic E-state index is 13.6. The largest absolute Gasteiger partial charge is 0.379 e. The highest BCUT2D eigenvalue weighted by Gasteiger charge is 2.18. The van der Waals surface area contributed by atoms with Gasteiger partial charge in [0.05, 0.1) is 17.4 Å². The summed E-state index contributed by atoms with van der Waals surface area (Å²) in [5.41, 5.74) is 3.50. The second kappa shape index (κ2) is 13.9. The predicted molar refractivity (Wildman–Crippen MR) is 165 cm³/mol. The second-order valence-corrected chi connectivity index (χ2v) is 12.0. The first-order chi connectivity index (χ1) is 19.2. The number of rotatable bonds is 13. The number of hydrogen-bond acceptors (Lipinski definition) is 7. The van der Waals surface area contributed by atoms with E-state index in [0.29, 0.717) is 47.9 Å². The highest BCUT2D eigenvalue weighted by molar-refractivity contribution is 7.99. The van der Waals surface area contributed by atoms with Crippen LogP contribution in [-0.4, -0.2) is 46.4 Å². The summed E-state index contributed by atoms with van der Waals surface area (Å²) < 4.78 is 8.68. The van der Waals surface area contributed by atoms with E-state index in [2.05, 4.69) is 10.6 Å². The van der Waals surface area contributed by atoms with Crippen LogP contribution in [0.15, 0.2) is 52.4 Å². The molecule has 0 aliphatic heterocycles. The van der Waals surface area contributed by atoms with Crippen LogP contribution >= 0.6 is 23.1 Å². The lowest BCUT2D eigenvalue weighted by Gasteiger charge is -2.13. The molecule has 0 unspecified atom stereocenters. The molecular formula is C30H36N4O4S2. The van der Waals surface area contributed by atoms with E-state index in [-0.39, 0.29) is 29.2 Å². The molecule has 212 valence electrons. The first kappa shape index (κ1) is 29.8. The minimum atomic E-state index is -0.176. The van der Waals surface area contributed by atoms with E-state index in [1.54, 1.807) is 4.57 Å². The summed E-state index contributed by atoms with van der Waals surface area (Å²) in [6, 6.07) is 13.6. The Balaban J connectivity index is 1.46. The van der Waals surface area contributed by atoms with Crippen molar-refractivity contribution in [2.45, 2.75) is 64.8 Å². The number of amides is 2. The summed E-state index contributed by atoms with van der Waals surface area (Å²) in [5, 5.41) is 7.25. The van der Waals surface area contributed by atoms with Crippen LogP contribution in [0.2, 0.25) is 0 Å². The van der Waals surface area contributed by atoms with Crippen molar-refractivity contribution in [3.63, 3.8) is 0 Å². The number of aromatic nitrogens is 2. The summed E-state index contributed by atoms with van der Waals surface area (Å²) in [5.74, 6) is -0.132. The Kier molecular flexibility index (Phi) is 10.4. The molecule has 2 N–H and O–H groups in total. The van der Waals surface area contributed by atoms with E-state index in [1.165, 1.54) is 23.1 Å². The number of fused-ring (bicyclic) bond motifs is 3. The topological polar surface area (TPSA) is 102 Å². The molecule has 0 fully saturated rings. The van der Waals surface area contributed by atoms with Crippen molar-refractivity contribution >= 4 is 60.9 Å². The molecule has 0 atom stereocenters. The van der Waals surface area contributed by atoms with E-state index < -0.39 is 0 Å². The lowest BCUT2D eigenvalue weighted by molar-refractivity contribution is -0.121. The van der Waals surface area contributed by atoms with Gasteiger partial charge in [-0.25, -0.2) is 4.98 Å². The van der Waals surface area contributed by atoms with Gasteiger partial charge in [-0.2, -0.15) is 0 Å². The van der Waals surface area contributed by atoms with E-state index in [0.717, 1.165) is 33.3 Å². The van der Waals surface area contributed by atoms with Gasteiger partial charge in [-0.15, -0.1) is 11.3 Å². The van der Waals surface area contributed by atoms with Crippen molar-refractivity contribution in [3.05, 3.63) is 63.9 Å². The molecule has 0 saturated carbocycles. The smallest absolute Gasteiger partial charge is 0.272 e. The van der Waals surface area contributed by atoms with Crippen LogP contribution in [-0.2, 0) is 20.9 Å². The number of thioether (sulfide) groups is 1. The van der Waals surface area contributed by atoms with Crippen molar-refractivity contribution < 1.29 is 14.3 Å². The average molecular weight is 581 g/mol. The fourth-order valence-electron chi connectivity index (χ4n) is 4.21. The molecule has 4 rings (SSSR count). The van der Waals surface area contributed by atoms with Crippen LogP contribution in [0.3, 0.4) is 0 Å². The molecule has 2 aromatic heterocycles. The molecular weight excluding hydrogens is 544 g/mol. The third-order valence-electron chi connectivity index (χ3n) is 6.45. The number of hydrogen-bond donors (Lipinski definition) is 2. The fourth-order valence-corrected chi connectivity index (χ4v) is 6.12. The van der Waals surface area contributed by atoms with Gasteiger partial charge in [0.1, 0.15) is 4.70 Å². The van der Waals surface area contributed by atoms with Crippen LogP contribution in [0.25, 0.3) is 20.3 Å². The number of carbonyl (C=O) groups excluding carboxylic acids is 2. The molecule has 0 aliphatic carbocycles. The predicted octanol–water partition coefficient (Wildman–Crippen LogP) is 5.67. The minimum Gasteiger partial charge on any atom is -0.379 e. The van der Waals surface area contributed by atoms with Gasteiger partial charge in [0, 0.05) is 41.9 Å². The average Bonchev–Trinajstić information content (AvgIpc) is 3.29. The van der Waals surface area contributed by atoms with Crippen molar-refractivity contribution in [2.24, 2.45) is 0 Å². The summed E-state index contributed by atoms with van der Waals surface area (Å²) in [7, 11) is 0. The van der Waals surface area contributed by atoms with Gasteiger partial charge in [-0.3, -0.25) is 19.0 Å². The van der Waals surface area contributed by atoms with Gasteiger partial charge in [0.2, 0.25) is 11.8 Å².